The first-order valence-corrected chi connectivity index (χ1v) is 11.9. The van der Waals surface area contributed by atoms with Gasteiger partial charge in [-0.2, -0.15) is 0 Å². The van der Waals surface area contributed by atoms with Crippen LogP contribution in [-0.2, 0) is 11.8 Å². The van der Waals surface area contributed by atoms with Crippen LogP contribution in [0.2, 0.25) is 0 Å². The molecule has 34 heavy (non-hydrogen) atoms. The molecule has 1 fully saturated rings. The quantitative estimate of drug-likeness (QED) is 0.339. The number of anilines is 1. The van der Waals surface area contributed by atoms with E-state index < -0.39 is 0 Å². The molecule has 2 aromatic carbocycles. The first-order valence-electron chi connectivity index (χ1n) is 11.9. The van der Waals surface area contributed by atoms with Crippen molar-refractivity contribution in [1.29, 1.82) is 0 Å². The van der Waals surface area contributed by atoms with Crippen molar-refractivity contribution in [3.8, 4) is 0 Å². The van der Waals surface area contributed by atoms with Gasteiger partial charge in [-0.15, -0.1) is 0 Å². The molecule has 170 valence electrons. The molecule has 0 saturated heterocycles. The summed E-state index contributed by atoms with van der Waals surface area (Å²) < 4.78 is 0. The highest BCUT2D eigenvalue weighted by Gasteiger charge is 2.40. The number of hydrogen-bond donors (Lipinski definition) is 3. The largest absolute Gasteiger partial charge is 0.360 e. The molecule has 6 rings (SSSR count). The van der Waals surface area contributed by atoms with Crippen molar-refractivity contribution in [3.63, 3.8) is 0 Å². The Balaban J connectivity index is 1.28. The molecule has 0 radical (unpaired) electrons. The van der Waals surface area contributed by atoms with Crippen molar-refractivity contribution in [1.82, 2.24) is 15.0 Å². The monoisotopic (exact) mass is 449 g/mol. The SMILES string of the molecule is O=C(c1cc2ccccc2[nH]1)C1CCC(Cc2cnc[nH]2)(c2ccc3c(c2)C=NC=CN3)CC1. The molecule has 1 saturated carbocycles. The van der Waals surface area contributed by atoms with Crippen LogP contribution in [0.5, 0.6) is 0 Å². The van der Waals surface area contributed by atoms with E-state index in [0.717, 1.165) is 65.6 Å². The highest BCUT2D eigenvalue weighted by Crippen LogP contribution is 2.45. The Morgan fingerprint density at radius 3 is 2.79 bits per heavy atom. The molecule has 0 bridgehead atoms. The number of nitrogens with one attached hydrogen (secondary N) is 3. The lowest BCUT2D eigenvalue weighted by Gasteiger charge is -2.40. The van der Waals surface area contributed by atoms with Crippen LogP contribution in [0.15, 0.2) is 78.4 Å². The molecule has 6 nitrogen and oxygen atoms in total. The number of H-pyrrole nitrogens is 2. The van der Waals surface area contributed by atoms with E-state index in [1.807, 2.05) is 48.9 Å². The second-order valence-electron chi connectivity index (χ2n) is 9.48. The number of aliphatic imine (C=N–C) groups is 1. The summed E-state index contributed by atoms with van der Waals surface area (Å²) in [6, 6.07) is 16.7. The molecule has 0 spiro atoms. The Bertz CT molecular complexity index is 1350. The number of benzene rings is 2. The molecule has 3 heterocycles. The predicted octanol–water partition coefficient (Wildman–Crippen LogP) is 5.76. The van der Waals surface area contributed by atoms with E-state index in [1.54, 1.807) is 12.5 Å². The van der Waals surface area contributed by atoms with E-state index in [1.165, 1.54) is 5.56 Å². The number of carbonyl (C=O) groups is 1. The van der Waals surface area contributed by atoms with Gasteiger partial charge in [-0.1, -0.05) is 24.3 Å². The van der Waals surface area contributed by atoms with Crippen molar-refractivity contribution in [2.45, 2.75) is 37.5 Å². The number of aromatic amines is 2. The third kappa shape index (κ3) is 3.75. The zero-order valence-electron chi connectivity index (χ0n) is 18.9. The van der Waals surface area contributed by atoms with Crippen LogP contribution in [0.1, 0.15) is 53.0 Å². The average Bonchev–Trinajstić information content (AvgIpc) is 3.48. The zero-order chi connectivity index (χ0) is 23.0. The van der Waals surface area contributed by atoms with Crippen molar-refractivity contribution in [2.75, 3.05) is 5.32 Å². The van der Waals surface area contributed by atoms with Crippen molar-refractivity contribution >= 4 is 28.6 Å². The number of Topliss-reactive ketones (excluding diaryl/α,β-unsaturated/α-hetero) is 1. The van der Waals surface area contributed by atoms with Crippen LogP contribution >= 0.6 is 0 Å². The number of fused-ring (bicyclic) bond motifs is 2. The lowest BCUT2D eigenvalue weighted by atomic mass is 9.63. The Labute approximate surface area is 198 Å². The lowest BCUT2D eigenvalue weighted by Crippen LogP contribution is -2.36. The number of para-hydroxylation sites is 1. The van der Waals surface area contributed by atoms with Gasteiger partial charge in [-0.3, -0.25) is 9.79 Å². The predicted molar refractivity (Wildman–Crippen MR) is 135 cm³/mol. The second-order valence-corrected chi connectivity index (χ2v) is 9.48. The van der Waals surface area contributed by atoms with Crippen molar-refractivity contribution in [2.24, 2.45) is 10.9 Å². The van der Waals surface area contributed by atoms with Gasteiger partial charge in [-0.05, 0) is 61.9 Å². The number of rotatable bonds is 5. The smallest absolute Gasteiger partial charge is 0.182 e. The Kier molecular flexibility index (Phi) is 5.13. The Morgan fingerprint density at radius 2 is 1.97 bits per heavy atom. The second kappa shape index (κ2) is 8.45. The van der Waals surface area contributed by atoms with Crippen molar-refractivity contribution in [3.05, 3.63) is 96.0 Å². The number of imidazole rings is 1. The zero-order valence-corrected chi connectivity index (χ0v) is 18.9. The van der Waals surface area contributed by atoms with Gasteiger partial charge in [0.1, 0.15) is 0 Å². The molecule has 0 unspecified atom stereocenters. The summed E-state index contributed by atoms with van der Waals surface area (Å²) in [5.41, 5.74) is 6.27. The van der Waals surface area contributed by atoms with Gasteiger partial charge < -0.3 is 15.3 Å². The minimum Gasteiger partial charge on any atom is -0.360 e. The Morgan fingerprint density at radius 1 is 1.09 bits per heavy atom. The molecule has 1 aliphatic heterocycles. The van der Waals surface area contributed by atoms with E-state index in [2.05, 4.69) is 43.5 Å². The van der Waals surface area contributed by atoms with Gasteiger partial charge in [0.05, 0.1) is 12.0 Å². The van der Waals surface area contributed by atoms with E-state index in [-0.39, 0.29) is 17.1 Å². The molecule has 0 amide bonds. The van der Waals surface area contributed by atoms with Crippen LogP contribution in [0.25, 0.3) is 10.9 Å². The summed E-state index contributed by atoms with van der Waals surface area (Å²) in [5.74, 6) is 0.270. The summed E-state index contributed by atoms with van der Waals surface area (Å²) in [5, 5.41) is 4.38. The lowest BCUT2D eigenvalue weighted by molar-refractivity contribution is 0.0853. The molecule has 2 aromatic heterocycles. The Hall–Kier alpha value is -3.93. The van der Waals surface area contributed by atoms with E-state index in [4.69, 9.17) is 0 Å². The highest BCUT2D eigenvalue weighted by atomic mass is 16.1. The third-order valence-corrected chi connectivity index (χ3v) is 7.47. The topological polar surface area (TPSA) is 85.9 Å². The maximum absolute atomic E-state index is 13.4. The molecular weight excluding hydrogens is 422 g/mol. The van der Waals surface area contributed by atoms with Gasteiger partial charge in [0.25, 0.3) is 0 Å². The summed E-state index contributed by atoms with van der Waals surface area (Å²) in [6.45, 7) is 0. The van der Waals surface area contributed by atoms with Crippen LogP contribution < -0.4 is 5.32 Å². The van der Waals surface area contributed by atoms with E-state index in [0.29, 0.717) is 0 Å². The first-order chi connectivity index (χ1) is 16.7. The molecule has 3 N–H and O–H groups in total. The molecule has 2 aliphatic rings. The summed E-state index contributed by atoms with van der Waals surface area (Å²) in [6.07, 6.45) is 13.7. The average molecular weight is 450 g/mol. The van der Waals surface area contributed by atoms with Crippen LogP contribution in [0.3, 0.4) is 0 Å². The molecule has 0 atom stereocenters. The van der Waals surface area contributed by atoms with Crippen molar-refractivity contribution < 1.29 is 4.79 Å². The fraction of sp³-hybridized carbons (Fsp3) is 0.250. The first kappa shape index (κ1) is 20.7. The number of ketones is 1. The minimum atomic E-state index is -0.0492. The number of carbonyl (C=O) groups excluding carboxylic acids is 1. The number of hydrogen-bond acceptors (Lipinski definition) is 4. The molecule has 6 heteroatoms. The molecular formula is C28H27N5O. The van der Waals surface area contributed by atoms with Gasteiger partial charge in [-0.25, -0.2) is 4.98 Å². The maximum atomic E-state index is 13.4. The molecule has 1 aliphatic carbocycles. The van der Waals surface area contributed by atoms with Gasteiger partial charge in [0, 0.05) is 64.0 Å². The normalized spacial score (nSPS) is 21.7. The summed E-state index contributed by atoms with van der Waals surface area (Å²) >= 11 is 0. The molecule has 4 aromatic rings. The van der Waals surface area contributed by atoms with Gasteiger partial charge in [0.2, 0.25) is 0 Å². The number of nitrogens with zero attached hydrogens (tertiary/aromatic N) is 2. The highest BCUT2D eigenvalue weighted by molar-refractivity contribution is 6.00. The summed E-state index contributed by atoms with van der Waals surface area (Å²) in [4.78, 5) is 28.6. The van der Waals surface area contributed by atoms with Gasteiger partial charge >= 0.3 is 0 Å². The fourth-order valence-corrected chi connectivity index (χ4v) is 5.60. The van der Waals surface area contributed by atoms with E-state index >= 15 is 0 Å². The van der Waals surface area contributed by atoms with Gasteiger partial charge in [0.15, 0.2) is 5.78 Å². The van der Waals surface area contributed by atoms with Crippen LogP contribution in [-0.4, -0.2) is 26.9 Å². The fourth-order valence-electron chi connectivity index (χ4n) is 5.60. The number of aromatic nitrogens is 3. The van der Waals surface area contributed by atoms with Crippen LogP contribution in [0.4, 0.5) is 5.69 Å². The summed E-state index contributed by atoms with van der Waals surface area (Å²) in [7, 11) is 0. The third-order valence-electron chi connectivity index (χ3n) is 7.47. The maximum Gasteiger partial charge on any atom is 0.182 e. The van der Waals surface area contributed by atoms with Crippen LogP contribution in [0, 0.1) is 5.92 Å². The minimum absolute atomic E-state index is 0.0382. The standard InChI is InChI=1S/C28H27N5O/c34-27(26-14-20-3-1-2-4-25(20)33-26)19-7-9-28(10-8-19,15-23-17-30-18-32-23)22-5-6-24-21(13-22)16-29-11-12-31-24/h1-6,11-14,16-19,31,33H,7-10,15H2,(H,30,32). The van der Waals surface area contributed by atoms with E-state index in [9.17, 15) is 4.79 Å².